The van der Waals surface area contributed by atoms with Gasteiger partial charge in [0.25, 0.3) is 5.91 Å². The largest absolute Gasteiger partial charge is 0.497 e. The number of benzene rings is 2. The Kier molecular flexibility index (Phi) is 20.7. The SMILES string of the molecule is C=C1C(=O)N(Cc2ccc(OC)cc2)[C@](C(=O)OC)([C@@H](O[Si](C)(C)C(C)(C)C)C(C)C)[C@@]1(C)O[Si](C)(C)CI.COC(=O)[C@]1([C@@H](O[Si](C)(C)C(C)(C)C)C(C)C)N(Cc2ccc(OC)cc2)C(=O)[C@@H]2CC[Si](C)(C)O[C@@]21C. The van der Waals surface area contributed by atoms with Crippen molar-refractivity contribution in [2.24, 2.45) is 17.8 Å². The van der Waals surface area contributed by atoms with Crippen LogP contribution in [-0.4, -0.2) is 134 Å². The Bertz CT molecular complexity index is 2440. The van der Waals surface area contributed by atoms with Gasteiger partial charge in [-0.25, -0.2) is 9.59 Å². The van der Waals surface area contributed by atoms with Crippen LogP contribution < -0.4 is 9.47 Å². The number of fused-ring (bicyclic) bond motifs is 1. The Morgan fingerprint density at radius 3 is 1.47 bits per heavy atom. The molecule has 0 bridgehead atoms. The standard InChI is InChI=1S/C29H48INO6Si2.C29H49NO6Si2/c1-20(2)24(36-39(12,13)27(4,5)6)29(26(33)35-9)28(7,37-38(10,11)19-30)21(3)25(32)31(29)18-22-14-16-23(34-8)17-15-22;1-20(2)24(35-38(11,12)27(3,4)5)29(26(32)34-8)28(6)23(17-18-37(9,10)36-28)25(31)30(29)19-21-13-15-22(33-7)16-14-21/h14-17,20,24H,3,18-19H2,1-2,4-13H3;13-16,20,23-24H,17-19H2,1-12H3/t24-,28-,29-;23-,24-,28-,29-/m00/s1. The summed E-state index contributed by atoms with van der Waals surface area (Å²) in [5.74, 6) is -0.662. The fourth-order valence-corrected chi connectivity index (χ4v) is 18.5. The number of halogens is 1. The minimum Gasteiger partial charge on any atom is -0.497 e. The van der Waals surface area contributed by atoms with E-state index in [2.05, 4.69) is 137 Å². The van der Waals surface area contributed by atoms with Crippen LogP contribution in [0.5, 0.6) is 11.5 Å². The highest BCUT2D eigenvalue weighted by molar-refractivity contribution is 14.1. The highest BCUT2D eigenvalue weighted by Gasteiger charge is 2.78. The maximum absolute atomic E-state index is 14.4. The predicted molar refractivity (Wildman–Crippen MR) is 325 cm³/mol. The van der Waals surface area contributed by atoms with E-state index in [1.165, 1.54) is 14.2 Å². The number of rotatable bonds is 19. The lowest BCUT2D eigenvalue weighted by molar-refractivity contribution is -0.187. The molecule has 77 heavy (non-hydrogen) atoms. The van der Waals surface area contributed by atoms with Crippen LogP contribution in [0.25, 0.3) is 0 Å². The molecular weight excluding hydrogens is 1160 g/mol. The molecule has 3 aliphatic rings. The van der Waals surface area contributed by atoms with Gasteiger partial charge in [0.05, 0.1) is 46.6 Å². The monoisotopic (exact) mass is 1250 g/mol. The summed E-state index contributed by atoms with van der Waals surface area (Å²) in [6, 6.07) is 16.0. The zero-order valence-electron chi connectivity index (χ0n) is 51.4. The van der Waals surface area contributed by atoms with Crippen LogP contribution in [0, 0.1) is 17.8 Å². The van der Waals surface area contributed by atoms with Crippen LogP contribution in [0.2, 0.25) is 68.5 Å². The average Bonchev–Trinajstić information content (AvgIpc) is 3.60. The van der Waals surface area contributed by atoms with Gasteiger partial charge in [-0.2, -0.15) is 0 Å². The third-order valence-corrected chi connectivity index (χ3v) is 35.9. The smallest absolute Gasteiger partial charge is 0.337 e. The number of carbonyl (C=O) groups is 4. The number of esters is 2. The number of likely N-dealkylation sites (tertiary alicyclic amines) is 2. The Labute approximate surface area is 481 Å². The van der Waals surface area contributed by atoms with E-state index >= 15 is 0 Å². The molecule has 2 aromatic carbocycles. The van der Waals surface area contributed by atoms with Gasteiger partial charge in [-0.05, 0) is 136 Å². The van der Waals surface area contributed by atoms with Gasteiger partial charge in [-0.1, -0.05) is 123 Å². The minimum absolute atomic E-state index is 0.0669. The molecule has 0 aliphatic carbocycles. The van der Waals surface area contributed by atoms with Crippen molar-refractivity contribution < 1.29 is 55.8 Å². The summed E-state index contributed by atoms with van der Waals surface area (Å²) in [7, 11) is -3.38. The first-order valence-electron chi connectivity index (χ1n) is 27.2. The van der Waals surface area contributed by atoms with Crippen molar-refractivity contribution >= 4 is 79.6 Å². The van der Waals surface area contributed by atoms with Crippen LogP contribution in [0.4, 0.5) is 0 Å². The molecule has 0 radical (unpaired) electrons. The number of nitrogens with zero attached hydrogens (tertiary/aromatic N) is 2. The van der Waals surface area contributed by atoms with E-state index in [9.17, 15) is 19.2 Å². The van der Waals surface area contributed by atoms with Crippen LogP contribution in [0.15, 0.2) is 60.7 Å². The van der Waals surface area contributed by atoms with E-state index in [0.29, 0.717) is 12.2 Å². The first-order valence-corrected chi connectivity index (χ1v) is 40.8. The van der Waals surface area contributed by atoms with Gasteiger partial charge in [0, 0.05) is 22.7 Å². The van der Waals surface area contributed by atoms with Crippen molar-refractivity contribution in [1.29, 1.82) is 0 Å². The molecule has 0 spiro atoms. The summed E-state index contributed by atoms with van der Waals surface area (Å²) in [5.41, 5.74) is -3.52. The molecule has 5 rings (SSSR count). The third kappa shape index (κ3) is 12.5. The second-order valence-corrected chi connectivity index (χ2v) is 46.7. The molecular formula is C58H97IN2O12Si4. The molecule has 3 aliphatic heterocycles. The number of hydrogen-bond donors (Lipinski definition) is 0. The molecule has 0 unspecified atom stereocenters. The summed E-state index contributed by atoms with van der Waals surface area (Å²) in [6.45, 7) is 47.0. The molecule has 0 saturated carbocycles. The Balaban J connectivity index is 0.000000333. The Hall–Kier alpha value is -2.90. The topological polar surface area (TPSA) is 149 Å². The van der Waals surface area contributed by atoms with E-state index in [0.717, 1.165) is 27.0 Å². The zero-order chi connectivity index (χ0) is 59.1. The van der Waals surface area contributed by atoms with E-state index in [-0.39, 0.29) is 52.4 Å². The second-order valence-electron chi connectivity index (χ2n) is 26.7. The van der Waals surface area contributed by atoms with Crippen molar-refractivity contribution in [3.8, 4) is 11.5 Å². The minimum atomic E-state index is -2.45. The molecule has 3 fully saturated rings. The molecule has 434 valence electrons. The van der Waals surface area contributed by atoms with Gasteiger partial charge < -0.3 is 46.5 Å². The summed E-state index contributed by atoms with van der Waals surface area (Å²) < 4.78 is 51.0. The molecule has 3 heterocycles. The number of ether oxygens (including phenoxy) is 4. The number of alkyl halides is 1. The van der Waals surface area contributed by atoms with Crippen LogP contribution in [0.3, 0.4) is 0 Å². The van der Waals surface area contributed by atoms with Crippen molar-refractivity contribution in [3.63, 3.8) is 0 Å². The second kappa shape index (κ2) is 23.9. The van der Waals surface area contributed by atoms with Gasteiger partial charge in [-0.15, -0.1) is 0 Å². The van der Waals surface area contributed by atoms with Gasteiger partial charge in [0.15, 0.2) is 44.3 Å². The maximum atomic E-state index is 14.4. The zero-order valence-corrected chi connectivity index (χ0v) is 57.6. The molecule has 2 amide bonds. The number of hydrogen-bond acceptors (Lipinski definition) is 12. The van der Waals surface area contributed by atoms with Gasteiger partial charge >= 0.3 is 11.9 Å². The highest BCUT2D eigenvalue weighted by atomic mass is 127. The van der Waals surface area contributed by atoms with Crippen LogP contribution >= 0.6 is 22.6 Å². The summed E-state index contributed by atoms with van der Waals surface area (Å²) >= 11 is 2.32. The Morgan fingerprint density at radius 1 is 0.714 bits per heavy atom. The summed E-state index contributed by atoms with van der Waals surface area (Å²) in [5, 5.41) is -0.228. The first-order chi connectivity index (χ1) is 35.1. The highest BCUT2D eigenvalue weighted by Crippen LogP contribution is 2.58. The van der Waals surface area contributed by atoms with Crippen molar-refractivity contribution in [2.75, 3.05) is 32.5 Å². The van der Waals surface area contributed by atoms with Crippen molar-refractivity contribution in [2.45, 2.75) is 206 Å². The quantitative estimate of drug-likeness (QED) is 0.0433. The van der Waals surface area contributed by atoms with E-state index in [4.69, 9.17) is 36.7 Å². The number of carbonyl (C=O) groups excluding carboxylic acids is 4. The van der Waals surface area contributed by atoms with E-state index < -0.39 is 85.6 Å². The van der Waals surface area contributed by atoms with Gasteiger partial charge in [0.1, 0.15) is 22.7 Å². The molecule has 14 nitrogen and oxygen atoms in total. The van der Waals surface area contributed by atoms with Crippen LogP contribution in [-0.2, 0) is 59.4 Å². The summed E-state index contributed by atoms with van der Waals surface area (Å²) in [4.78, 5) is 60.7. The normalized spacial score (nSPS) is 25.8. The molecule has 7 atom stereocenters. The first kappa shape index (κ1) is 66.6. The molecule has 19 heteroatoms. The van der Waals surface area contributed by atoms with E-state index in [1.807, 2.05) is 76.2 Å². The fraction of sp³-hybridized carbons (Fsp3) is 0.690. The summed E-state index contributed by atoms with van der Waals surface area (Å²) in [6.07, 6.45) is -0.635. The predicted octanol–water partition coefficient (Wildman–Crippen LogP) is 12.5. The Morgan fingerprint density at radius 2 is 1.10 bits per heavy atom. The number of amides is 2. The lowest BCUT2D eigenvalue weighted by Crippen LogP contribution is -2.75. The third-order valence-electron chi connectivity index (χ3n) is 17.5. The molecule has 3 saturated heterocycles. The lowest BCUT2D eigenvalue weighted by Gasteiger charge is -2.56. The lowest BCUT2D eigenvalue weighted by atomic mass is 9.69. The fourth-order valence-electron chi connectivity index (χ4n) is 11.2. The van der Waals surface area contributed by atoms with Crippen LogP contribution in [0.1, 0.15) is 101 Å². The number of methoxy groups -OCH3 is 4. The molecule has 2 aromatic rings. The van der Waals surface area contributed by atoms with Gasteiger partial charge in [-0.3, -0.25) is 9.59 Å². The van der Waals surface area contributed by atoms with Gasteiger partial charge in [0.2, 0.25) is 5.91 Å². The molecule has 0 N–H and O–H groups in total. The van der Waals surface area contributed by atoms with E-state index in [1.54, 1.807) is 24.0 Å². The van der Waals surface area contributed by atoms with Crippen molar-refractivity contribution in [3.05, 3.63) is 71.8 Å². The molecule has 0 aromatic heterocycles. The van der Waals surface area contributed by atoms with Crippen molar-refractivity contribution in [1.82, 2.24) is 9.80 Å². The maximum Gasteiger partial charge on any atom is 0.337 e. The average molecular weight is 1250 g/mol.